The Balaban J connectivity index is 2.21. The molecule has 0 aliphatic carbocycles. The fourth-order valence-electron chi connectivity index (χ4n) is 3.41. The molecule has 130 valence electrons. The summed E-state index contributed by atoms with van der Waals surface area (Å²) in [6, 6.07) is 6.08. The van der Waals surface area contributed by atoms with Crippen LogP contribution in [-0.2, 0) is 6.54 Å². The second-order valence-corrected chi connectivity index (χ2v) is 6.56. The van der Waals surface area contributed by atoms with Crippen molar-refractivity contribution >= 4 is 22.3 Å². The van der Waals surface area contributed by atoms with Crippen LogP contribution in [0.15, 0.2) is 23.0 Å². The summed E-state index contributed by atoms with van der Waals surface area (Å²) in [5, 5.41) is 4.54. The van der Waals surface area contributed by atoms with Crippen LogP contribution in [0.2, 0.25) is 0 Å². The van der Waals surface area contributed by atoms with E-state index in [1.807, 2.05) is 22.8 Å². The fourth-order valence-corrected chi connectivity index (χ4v) is 3.41. The summed E-state index contributed by atoms with van der Waals surface area (Å²) in [5.41, 5.74) is 8.41. The number of aromatic nitrogens is 1. The van der Waals surface area contributed by atoms with E-state index in [0.717, 1.165) is 48.7 Å². The van der Waals surface area contributed by atoms with E-state index in [2.05, 4.69) is 19.2 Å². The highest BCUT2D eigenvalue weighted by Crippen LogP contribution is 2.34. The lowest BCUT2D eigenvalue weighted by molar-refractivity contribution is 0.304. The summed E-state index contributed by atoms with van der Waals surface area (Å²) < 4.78 is 7.72. The van der Waals surface area contributed by atoms with Gasteiger partial charge in [0.1, 0.15) is 0 Å². The first-order valence-corrected chi connectivity index (χ1v) is 9.01. The number of anilines is 2. The Morgan fingerprint density at radius 1 is 1.33 bits per heavy atom. The summed E-state index contributed by atoms with van der Waals surface area (Å²) in [5.74, 6) is 0.447. The number of fused-ring (bicyclic) bond motifs is 3. The number of aryl methyl sites for hydroxylation is 1. The molecule has 0 amide bonds. The van der Waals surface area contributed by atoms with Crippen molar-refractivity contribution in [3.05, 3.63) is 28.6 Å². The second kappa shape index (κ2) is 7.16. The third-order valence-electron chi connectivity index (χ3n) is 4.68. The number of benzene rings is 1. The van der Waals surface area contributed by atoms with Crippen LogP contribution in [0.1, 0.15) is 46.0 Å². The quantitative estimate of drug-likeness (QED) is 0.820. The van der Waals surface area contributed by atoms with E-state index in [4.69, 9.17) is 10.5 Å². The van der Waals surface area contributed by atoms with Gasteiger partial charge in [-0.2, -0.15) is 0 Å². The average Bonchev–Trinajstić information content (AvgIpc) is 2.78. The summed E-state index contributed by atoms with van der Waals surface area (Å²) in [7, 11) is 0. The van der Waals surface area contributed by atoms with Crippen molar-refractivity contribution in [1.82, 2.24) is 4.57 Å². The third kappa shape index (κ3) is 3.07. The average molecular weight is 329 g/mol. The smallest absolute Gasteiger partial charge is 0.295 e. The first kappa shape index (κ1) is 16.7. The normalized spacial score (nSPS) is 17.0. The third-order valence-corrected chi connectivity index (χ3v) is 4.68. The van der Waals surface area contributed by atoms with Crippen molar-refractivity contribution in [2.75, 3.05) is 17.7 Å². The van der Waals surface area contributed by atoms with Gasteiger partial charge in [0, 0.05) is 30.1 Å². The van der Waals surface area contributed by atoms with Gasteiger partial charge in [-0.15, -0.1) is 0 Å². The Kier molecular flexibility index (Phi) is 4.97. The molecule has 1 aromatic carbocycles. The van der Waals surface area contributed by atoms with Crippen LogP contribution in [0.5, 0.6) is 5.75 Å². The van der Waals surface area contributed by atoms with Crippen molar-refractivity contribution in [2.24, 2.45) is 0 Å². The monoisotopic (exact) mass is 329 g/mol. The molecule has 5 heteroatoms. The van der Waals surface area contributed by atoms with Crippen LogP contribution in [-0.4, -0.2) is 17.2 Å². The Labute approximate surface area is 142 Å². The molecule has 1 aliphatic heterocycles. The van der Waals surface area contributed by atoms with Gasteiger partial charge >= 0.3 is 0 Å². The summed E-state index contributed by atoms with van der Waals surface area (Å²) >= 11 is 0. The molecule has 3 N–H and O–H groups in total. The lowest BCUT2D eigenvalue weighted by Gasteiger charge is -2.19. The van der Waals surface area contributed by atoms with E-state index in [1.165, 1.54) is 0 Å². The second-order valence-electron chi connectivity index (χ2n) is 6.56. The topological polar surface area (TPSA) is 69.3 Å². The number of hydrogen-bond donors (Lipinski definition) is 2. The van der Waals surface area contributed by atoms with E-state index in [-0.39, 0.29) is 5.56 Å². The molecule has 0 spiro atoms. The number of nitrogens with one attached hydrogen (secondary N) is 1. The zero-order valence-corrected chi connectivity index (χ0v) is 14.6. The molecule has 0 bridgehead atoms. The van der Waals surface area contributed by atoms with E-state index in [1.54, 1.807) is 0 Å². The van der Waals surface area contributed by atoms with Gasteiger partial charge in [-0.1, -0.05) is 26.7 Å². The van der Waals surface area contributed by atoms with Crippen molar-refractivity contribution in [2.45, 2.75) is 58.5 Å². The van der Waals surface area contributed by atoms with Crippen LogP contribution >= 0.6 is 0 Å². The molecule has 2 heterocycles. The number of ether oxygens (including phenoxy) is 1. The number of nitrogens with zero attached hydrogens (tertiary/aromatic N) is 1. The maximum Gasteiger partial charge on any atom is 0.295 e. The molecule has 1 aromatic heterocycles. The van der Waals surface area contributed by atoms with Crippen molar-refractivity contribution < 1.29 is 4.74 Å². The zero-order chi connectivity index (χ0) is 17.1. The summed E-state index contributed by atoms with van der Waals surface area (Å²) in [6.45, 7) is 5.57. The lowest BCUT2D eigenvalue weighted by Crippen LogP contribution is -2.24. The van der Waals surface area contributed by atoms with Crippen LogP contribution < -0.4 is 21.3 Å². The lowest BCUT2D eigenvalue weighted by atomic mass is 10.1. The molecular weight excluding hydrogens is 302 g/mol. The van der Waals surface area contributed by atoms with Gasteiger partial charge in [-0.05, 0) is 31.0 Å². The minimum absolute atomic E-state index is 0.0413. The molecule has 24 heavy (non-hydrogen) atoms. The molecule has 3 rings (SSSR count). The maximum absolute atomic E-state index is 13.0. The SMILES string of the molecule is CCCCn1c(=O)c2c(c3cc(N)ccc31)NC(CCC)CCO2. The number of rotatable bonds is 5. The van der Waals surface area contributed by atoms with E-state index >= 15 is 0 Å². The van der Waals surface area contributed by atoms with Crippen LogP contribution in [0.4, 0.5) is 11.4 Å². The van der Waals surface area contributed by atoms with E-state index in [0.29, 0.717) is 30.6 Å². The molecule has 1 aliphatic rings. The number of nitrogen functional groups attached to an aromatic ring is 1. The molecule has 0 radical (unpaired) electrons. The molecule has 2 aromatic rings. The van der Waals surface area contributed by atoms with Gasteiger partial charge < -0.3 is 20.4 Å². The Hall–Kier alpha value is -2.17. The highest BCUT2D eigenvalue weighted by molar-refractivity contribution is 5.96. The predicted molar refractivity (Wildman–Crippen MR) is 100.0 cm³/mol. The Morgan fingerprint density at radius 3 is 2.92 bits per heavy atom. The predicted octanol–water partition coefficient (Wildman–Crippen LogP) is 3.75. The van der Waals surface area contributed by atoms with Crippen LogP contribution in [0.3, 0.4) is 0 Å². The van der Waals surface area contributed by atoms with Gasteiger partial charge in [0.25, 0.3) is 5.56 Å². The van der Waals surface area contributed by atoms with Crippen LogP contribution in [0, 0.1) is 0 Å². The highest BCUT2D eigenvalue weighted by atomic mass is 16.5. The van der Waals surface area contributed by atoms with Gasteiger partial charge in [-0.25, -0.2) is 0 Å². The first-order valence-electron chi connectivity index (χ1n) is 9.01. The van der Waals surface area contributed by atoms with Crippen molar-refractivity contribution in [3.8, 4) is 5.75 Å². The first-order chi connectivity index (χ1) is 11.7. The molecule has 0 saturated heterocycles. The van der Waals surface area contributed by atoms with E-state index in [9.17, 15) is 4.79 Å². The van der Waals surface area contributed by atoms with Gasteiger partial charge in [-0.3, -0.25) is 4.79 Å². The molecule has 1 atom stereocenters. The zero-order valence-electron chi connectivity index (χ0n) is 14.6. The van der Waals surface area contributed by atoms with Gasteiger partial charge in [0.05, 0.1) is 17.8 Å². The Bertz CT molecular complexity index is 782. The number of hydrogen-bond acceptors (Lipinski definition) is 4. The maximum atomic E-state index is 13.0. The highest BCUT2D eigenvalue weighted by Gasteiger charge is 2.23. The number of unbranched alkanes of at least 4 members (excludes halogenated alkanes) is 1. The largest absolute Gasteiger partial charge is 0.486 e. The Morgan fingerprint density at radius 2 is 2.17 bits per heavy atom. The standard InChI is InChI=1S/C19H27N3O2/c1-3-5-10-22-16-8-7-13(20)12-15(16)17-18(19(22)23)24-11-9-14(21-17)6-4-2/h7-8,12,14,21H,3-6,9-11,20H2,1-2H3. The number of pyridine rings is 1. The molecule has 0 saturated carbocycles. The minimum Gasteiger partial charge on any atom is -0.486 e. The van der Waals surface area contributed by atoms with Crippen molar-refractivity contribution in [1.29, 1.82) is 0 Å². The molecular formula is C19H27N3O2. The molecule has 5 nitrogen and oxygen atoms in total. The van der Waals surface area contributed by atoms with E-state index < -0.39 is 0 Å². The van der Waals surface area contributed by atoms with Crippen molar-refractivity contribution in [3.63, 3.8) is 0 Å². The minimum atomic E-state index is -0.0413. The summed E-state index contributed by atoms with van der Waals surface area (Å²) in [4.78, 5) is 13.0. The fraction of sp³-hybridized carbons (Fsp3) is 0.526. The van der Waals surface area contributed by atoms with Gasteiger partial charge in [0.15, 0.2) is 0 Å². The van der Waals surface area contributed by atoms with Crippen LogP contribution in [0.25, 0.3) is 10.9 Å². The summed E-state index contributed by atoms with van der Waals surface area (Å²) in [6.07, 6.45) is 5.06. The van der Waals surface area contributed by atoms with Gasteiger partial charge in [0.2, 0.25) is 5.75 Å². The molecule has 0 fully saturated rings. The molecule has 1 unspecified atom stereocenters. The number of nitrogens with two attached hydrogens (primary N) is 1.